The molecule has 3 N–H and O–H groups in total. The van der Waals surface area contributed by atoms with Gasteiger partial charge < -0.3 is 15.4 Å². The van der Waals surface area contributed by atoms with Crippen LogP contribution in [0.1, 0.15) is 25.6 Å². The van der Waals surface area contributed by atoms with E-state index in [1.807, 2.05) is 0 Å². The van der Waals surface area contributed by atoms with Gasteiger partial charge in [0.25, 0.3) is 0 Å². The number of hydrogen-bond acceptors (Lipinski definition) is 4. The number of rotatable bonds is 6. The summed E-state index contributed by atoms with van der Waals surface area (Å²) in [7, 11) is 0. The molecule has 6 heteroatoms. The molecule has 1 rings (SSSR count). The van der Waals surface area contributed by atoms with E-state index in [1.54, 1.807) is 12.5 Å². The van der Waals surface area contributed by atoms with Crippen LogP contribution in [0.4, 0.5) is 0 Å². The van der Waals surface area contributed by atoms with Crippen molar-refractivity contribution >= 4 is 17.7 Å². The van der Waals surface area contributed by atoms with E-state index in [0.29, 0.717) is 11.8 Å². The highest BCUT2D eigenvalue weighted by molar-refractivity contribution is 7.98. The lowest BCUT2D eigenvalue weighted by Crippen LogP contribution is -2.32. The molecular formula is C10H17N3O2S. The molecule has 16 heavy (non-hydrogen) atoms. The highest BCUT2D eigenvalue weighted by Crippen LogP contribution is 2.16. The predicted molar refractivity (Wildman–Crippen MR) is 64.4 cm³/mol. The van der Waals surface area contributed by atoms with Gasteiger partial charge in [-0.1, -0.05) is 0 Å². The Balaban J connectivity index is 2.43. The van der Waals surface area contributed by atoms with Gasteiger partial charge in [-0.05, 0) is 13.8 Å². The van der Waals surface area contributed by atoms with Crippen LogP contribution >= 0.6 is 11.8 Å². The number of carboxylic acids is 1. The molecule has 0 fully saturated rings. The van der Waals surface area contributed by atoms with Gasteiger partial charge in [-0.2, -0.15) is 11.8 Å². The Labute approximate surface area is 99.0 Å². The smallest absolute Gasteiger partial charge is 0.321 e. The van der Waals surface area contributed by atoms with Crippen molar-refractivity contribution in [3.05, 3.63) is 18.2 Å². The van der Waals surface area contributed by atoms with E-state index in [0.717, 1.165) is 11.4 Å². The summed E-state index contributed by atoms with van der Waals surface area (Å²) in [6.07, 6.45) is 3.59. The quantitative estimate of drug-likeness (QED) is 0.782. The third-order valence-electron chi connectivity index (χ3n) is 2.17. The molecule has 1 heterocycles. The first kappa shape index (κ1) is 13.1. The first-order valence-corrected chi connectivity index (χ1v) is 6.24. The highest BCUT2D eigenvalue weighted by Gasteiger charge is 2.12. The van der Waals surface area contributed by atoms with Gasteiger partial charge in [-0.15, -0.1) is 0 Å². The molecule has 0 saturated carbocycles. The lowest BCUT2D eigenvalue weighted by Gasteiger charge is -2.12. The number of thioether (sulfide) groups is 1. The summed E-state index contributed by atoms with van der Waals surface area (Å²) in [6.45, 7) is 4.16. The molecule has 5 nitrogen and oxygen atoms in total. The van der Waals surface area contributed by atoms with Gasteiger partial charge in [0.1, 0.15) is 6.04 Å². The van der Waals surface area contributed by atoms with Crippen molar-refractivity contribution in [2.75, 3.05) is 5.75 Å². The molecule has 0 aliphatic heterocycles. The average Bonchev–Trinajstić information content (AvgIpc) is 2.65. The van der Waals surface area contributed by atoms with E-state index in [1.165, 1.54) is 11.8 Å². The molecule has 0 spiro atoms. The standard InChI is InChI=1S/C10H17N3O2S/c1-7(2)13-6-12-3-8(13)4-16-5-9(11)10(14)15/h3,6-7,9H,4-5,11H2,1-2H3,(H,14,15). The van der Waals surface area contributed by atoms with Crippen molar-refractivity contribution in [3.8, 4) is 0 Å². The molecule has 1 aromatic rings. The van der Waals surface area contributed by atoms with Gasteiger partial charge in [-0.25, -0.2) is 4.98 Å². The number of nitrogens with two attached hydrogens (primary N) is 1. The van der Waals surface area contributed by atoms with Crippen LogP contribution in [0.2, 0.25) is 0 Å². The maximum atomic E-state index is 10.5. The molecule has 0 radical (unpaired) electrons. The van der Waals surface area contributed by atoms with Crippen LogP contribution in [0.5, 0.6) is 0 Å². The first-order chi connectivity index (χ1) is 7.52. The van der Waals surface area contributed by atoms with Crippen molar-refractivity contribution in [1.29, 1.82) is 0 Å². The monoisotopic (exact) mass is 243 g/mol. The van der Waals surface area contributed by atoms with Crippen LogP contribution in [-0.4, -0.2) is 32.4 Å². The molecule has 1 atom stereocenters. The van der Waals surface area contributed by atoms with Gasteiger partial charge in [0.2, 0.25) is 0 Å². The van der Waals surface area contributed by atoms with Crippen molar-refractivity contribution in [1.82, 2.24) is 9.55 Å². The number of imidazole rings is 1. The lowest BCUT2D eigenvalue weighted by molar-refractivity contribution is -0.137. The molecule has 0 bridgehead atoms. The van der Waals surface area contributed by atoms with Crippen LogP contribution in [0.15, 0.2) is 12.5 Å². The second-order valence-corrected chi connectivity index (χ2v) is 4.88. The summed E-state index contributed by atoms with van der Waals surface area (Å²) in [4.78, 5) is 14.6. The largest absolute Gasteiger partial charge is 0.480 e. The van der Waals surface area contributed by atoms with Crippen molar-refractivity contribution in [2.24, 2.45) is 5.73 Å². The van der Waals surface area contributed by atoms with Crippen molar-refractivity contribution in [3.63, 3.8) is 0 Å². The number of carbonyl (C=O) groups is 1. The maximum Gasteiger partial charge on any atom is 0.321 e. The van der Waals surface area contributed by atoms with Crippen LogP contribution in [0.3, 0.4) is 0 Å². The minimum atomic E-state index is -0.954. The SMILES string of the molecule is CC(C)n1cncc1CSCC(N)C(=O)O. The van der Waals surface area contributed by atoms with Crippen LogP contribution in [0.25, 0.3) is 0 Å². The fourth-order valence-electron chi connectivity index (χ4n) is 1.27. The Morgan fingerprint density at radius 1 is 1.69 bits per heavy atom. The summed E-state index contributed by atoms with van der Waals surface area (Å²) >= 11 is 1.51. The molecule has 0 aromatic carbocycles. The van der Waals surface area contributed by atoms with Crippen LogP contribution in [-0.2, 0) is 10.5 Å². The zero-order valence-corrected chi connectivity index (χ0v) is 10.3. The second-order valence-electron chi connectivity index (χ2n) is 3.85. The first-order valence-electron chi connectivity index (χ1n) is 5.09. The molecule has 1 unspecified atom stereocenters. The van der Waals surface area contributed by atoms with Crippen molar-refractivity contribution in [2.45, 2.75) is 31.7 Å². The van der Waals surface area contributed by atoms with Gasteiger partial charge in [-0.3, -0.25) is 4.79 Å². The van der Waals surface area contributed by atoms with E-state index in [9.17, 15) is 4.79 Å². The summed E-state index contributed by atoms with van der Waals surface area (Å²) in [5.41, 5.74) is 6.51. The second kappa shape index (κ2) is 5.91. The van der Waals surface area contributed by atoms with E-state index < -0.39 is 12.0 Å². The number of nitrogens with zero attached hydrogens (tertiary/aromatic N) is 2. The number of carboxylic acid groups (broad SMARTS) is 1. The summed E-state index contributed by atoms with van der Waals surface area (Å²) in [6, 6.07) is -0.424. The summed E-state index contributed by atoms with van der Waals surface area (Å²) in [5, 5.41) is 8.63. The third-order valence-corrected chi connectivity index (χ3v) is 3.26. The van der Waals surface area contributed by atoms with E-state index in [-0.39, 0.29) is 0 Å². The summed E-state index contributed by atoms with van der Waals surface area (Å²) in [5.74, 6) is 0.197. The van der Waals surface area contributed by atoms with Gasteiger partial charge >= 0.3 is 5.97 Å². The molecule has 0 amide bonds. The average molecular weight is 243 g/mol. The topological polar surface area (TPSA) is 81.1 Å². The molecular weight excluding hydrogens is 226 g/mol. The fraction of sp³-hybridized carbons (Fsp3) is 0.600. The fourth-order valence-corrected chi connectivity index (χ4v) is 2.22. The molecule has 90 valence electrons. The zero-order valence-electron chi connectivity index (χ0n) is 9.46. The highest BCUT2D eigenvalue weighted by atomic mass is 32.2. The normalized spacial score (nSPS) is 13.0. The molecule has 1 aromatic heterocycles. The Morgan fingerprint density at radius 2 is 2.38 bits per heavy atom. The van der Waals surface area contributed by atoms with Gasteiger partial charge in [0.05, 0.1) is 6.33 Å². The Kier molecular flexibility index (Phi) is 4.82. The maximum absolute atomic E-state index is 10.5. The van der Waals surface area contributed by atoms with Crippen molar-refractivity contribution < 1.29 is 9.90 Å². The number of aromatic nitrogens is 2. The number of aliphatic carboxylic acids is 1. The van der Waals surface area contributed by atoms with E-state index in [2.05, 4.69) is 23.4 Å². The van der Waals surface area contributed by atoms with Gasteiger partial charge in [0.15, 0.2) is 0 Å². The molecule has 0 aliphatic carbocycles. The zero-order chi connectivity index (χ0) is 12.1. The third kappa shape index (κ3) is 3.53. The minimum Gasteiger partial charge on any atom is -0.480 e. The van der Waals surface area contributed by atoms with Crippen LogP contribution in [0, 0.1) is 0 Å². The van der Waals surface area contributed by atoms with E-state index in [4.69, 9.17) is 10.8 Å². The molecule has 0 saturated heterocycles. The predicted octanol–water partition coefficient (Wildman–Crippen LogP) is 1.11. The summed E-state index contributed by atoms with van der Waals surface area (Å²) < 4.78 is 2.07. The number of hydrogen-bond donors (Lipinski definition) is 2. The van der Waals surface area contributed by atoms with E-state index >= 15 is 0 Å². The Morgan fingerprint density at radius 3 is 2.94 bits per heavy atom. The Bertz CT molecular complexity index is 352. The van der Waals surface area contributed by atoms with Crippen LogP contribution < -0.4 is 5.73 Å². The minimum absolute atomic E-state index is 0.367. The lowest BCUT2D eigenvalue weighted by atomic mass is 10.4. The molecule has 0 aliphatic rings. The van der Waals surface area contributed by atoms with Gasteiger partial charge in [0, 0.05) is 29.4 Å². The Hall–Kier alpha value is -1.01.